The number of carbonyl (C=O) groups is 1. The number of hydrogen-bond acceptors (Lipinski definition) is 6. The van der Waals surface area contributed by atoms with Gasteiger partial charge < -0.3 is 20.5 Å². The summed E-state index contributed by atoms with van der Waals surface area (Å²) < 4.78 is 52.9. The van der Waals surface area contributed by atoms with Gasteiger partial charge in [0.05, 0.1) is 11.2 Å². The molecule has 4 rings (SSSR count). The highest BCUT2D eigenvalue weighted by Gasteiger charge is 2.40. The van der Waals surface area contributed by atoms with Gasteiger partial charge in [-0.1, -0.05) is 18.5 Å². The molecule has 1 fully saturated rings. The molecule has 4 heterocycles. The monoisotopic (exact) mass is 505 g/mol. The van der Waals surface area contributed by atoms with Crippen molar-refractivity contribution in [3.63, 3.8) is 0 Å². The number of rotatable bonds is 7. The second kappa shape index (κ2) is 9.71. The van der Waals surface area contributed by atoms with Gasteiger partial charge in [0.2, 0.25) is 5.91 Å². The maximum Gasteiger partial charge on any atom is 0.405 e. The molecule has 3 aromatic heterocycles. The summed E-state index contributed by atoms with van der Waals surface area (Å²) in [6.07, 6.45) is 0.523. The minimum absolute atomic E-state index is 0. The number of H-pyrrole nitrogens is 1. The lowest BCUT2D eigenvalue weighted by molar-refractivity contribution is -0.139. The molecule has 1 aliphatic rings. The summed E-state index contributed by atoms with van der Waals surface area (Å²) in [4.78, 5) is 29.6. The van der Waals surface area contributed by atoms with Crippen LogP contribution in [0, 0.1) is 5.82 Å². The summed E-state index contributed by atoms with van der Waals surface area (Å²) in [7, 11) is 0. The Labute approximate surface area is 201 Å². The number of halogens is 5. The number of aromatic nitrogens is 4. The molecule has 0 aliphatic carbocycles. The van der Waals surface area contributed by atoms with Crippen LogP contribution in [-0.4, -0.2) is 63.7 Å². The first-order chi connectivity index (χ1) is 16.2. The molecule has 188 valence electrons. The van der Waals surface area contributed by atoms with Crippen LogP contribution in [0.15, 0.2) is 24.7 Å². The Hall–Kier alpha value is -2.99. The lowest BCUT2D eigenvalue weighted by Gasteiger charge is -2.25. The molecule has 3 N–H and O–H groups in total. The van der Waals surface area contributed by atoms with Crippen LogP contribution in [0.4, 0.5) is 23.4 Å². The average Bonchev–Trinajstić information content (AvgIpc) is 3.40. The smallest absolute Gasteiger partial charge is 0.345 e. The SMILES string of the molecule is CCCNC1C[C@H](C(=O)NCC(F)(F)F)N(c2nc(-c3c[nH]c4ncc(Cl)cc34)ncc2F)C1.[HH].[HH].[HH]. The van der Waals surface area contributed by atoms with Gasteiger partial charge in [-0.3, -0.25) is 4.79 Å². The molecule has 1 unspecified atom stereocenters. The Morgan fingerprint density at radius 2 is 2.15 bits per heavy atom. The third kappa shape index (κ3) is 5.22. The number of fused-ring (bicyclic) bond motifs is 1. The van der Waals surface area contributed by atoms with E-state index in [-0.39, 0.29) is 34.9 Å². The van der Waals surface area contributed by atoms with E-state index in [0.29, 0.717) is 28.2 Å². The van der Waals surface area contributed by atoms with Gasteiger partial charge in [0.1, 0.15) is 18.2 Å². The molecule has 0 bridgehead atoms. The zero-order valence-corrected chi connectivity index (χ0v) is 18.8. The largest absolute Gasteiger partial charge is 0.405 e. The zero-order chi connectivity index (χ0) is 24.5. The van der Waals surface area contributed by atoms with E-state index < -0.39 is 30.5 Å². The number of nitrogens with zero attached hydrogens (tertiary/aromatic N) is 4. The number of carbonyl (C=O) groups excluding carboxylic acids is 1. The molecular weight excluding hydrogens is 478 g/mol. The van der Waals surface area contributed by atoms with E-state index in [9.17, 15) is 22.4 Å². The Kier molecular flexibility index (Phi) is 6.89. The Balaban J connectivity index is 0.00000228. The van der Waals surface area contributed by atoms with Crippen LogP contribution in [0.5, 0.6) is 0 Å². The topological polar surface area (TPSA) is 98.8 Å². The maximum absolute atomic E-state index is 14.9. The van der Waals surface area contributed by atoms with Gasteiger partial charge in [-0.25, -0.2) is 19.3 Å². The third-order valence-electron chi connectivity index (χ3n) is 5.49. The number of anilines is 1. The van der Waals surface area contributed by atoms with E-state index in [1.807, 2.05) is 12.2 Å². The van der Waals surface area contributed by atoms with Crippen LogP contribution in [0.2, 0.25) is 5.02 Å². The van der Waals surface area contributed by atoms with Crippen LogP contribution in [0.3, 0.4) is 0 Å². The number of nitrogens with one attached hydrogen (secondary N) is 3. The molecule has 1 aliphatic heterocycles. The van der Waals surface area contributed by atoms with E-state index in [2.05, 4.69) is 25.3 Å². The lowest BCUT2D eigenvalue weighted by Crippen LogP contribution is -2.46. The van der Waals surface area contributed by atoms with Gasteiger partial charge in [-0.2, -0.15) is 13.2 Å². The summed E-state index contributed by atoms with van der Waals surface area (Å²) in [6, 6.07) is 0.402. The molecule has 1 amide bonds. The second-order valence-electron chi connectivity index (χ2n) is 8.01. The zero-order valence-electron chi connectivity index (χ0n) is 18.1. The first-order valence-electron chi connectivity index (χ1n) is 10.7. The fourth-order valence-electron chi connectivity index (χ4n) is 3.97. The van der Waals surface area contributed by atoms with E-state index in [0.717, 1.165) is 12.6 Å². The van der Waals surface area contributed by atoms with Gasteiger partial charge in [-0.05, 0) is 25.5 Å². The summed E-state index contributed by atoms with van der Waals surface area (Å²) in [5, 5.41) is 6.16. The van der Waals surface area contributed by atoms with Gasteiger partial charge >= 0.3 is 6.18 Å². The number of alkyl halides is 3. The molecule has 0 spiro atoms. The standard InChI is InChI=1S/C21H22ClF4N7O.3H2/c1-2-3-27-12-5-16(20(34)31-10-21(24,25)26)33(9-12)19-15(23)8-30-18(32-19)14-7-29-17-13(14)4-11(22)6-28-17;;;/h4,6-8,12,16,27H,2-3,5,9-10H2,1H3,(H,28,29)(H,31,34);3*1H/t12?,16-;;;/m1.../s1. The third-order valence-corrected chi connectivity index (χ3v) is 5.69. The molecule has 34 heavy (non-hydrogen) atoms. The maximum atomic E-state index is 14.9. The van der Waals surface area contributed by atoms with Crippen molar-refractivity contribution in [2.45, 2.75) is 38.0 Å². The normalized spacial score (nSPS) is 18.6. The molecule has 3 aromatic rings. The number of amides is 1. The van der Waals surface area contributed by atoms with E-state index in [1.54, 1.807) is 12.3 Å². The van der Waals surface area contributed by atoms with E-state index >= 15 is 0 Å². The molecule has 2 atom stereocenters. The highest BCUT2D eigenvalue weighted by atomic mass is 35.5. The predicted octanol–water partition coefficient (Wildman–Crippen LogP) is 4.18. The summed E-state index contributed by atoms with van der Waals surface area (Å²) >= 11 is 6.05. The lowest BCUT2D eigenvalue weighted by atomic mass is 10.1. The van der Waals surface area contributed by atoms with E-state index in [4.69, 9.17) is 11.6 Å². The second-order valence-corrected chi connectivity index (χ2v) is 8.44. The molecule has 0 saturated carbocycles. The average molecular weight is 506 g/mol. The van der Waals surface area contributed by atoms with Gasteiger partial charge in [0.15, 0.2) is 17.5 Å². The fourth-order valence-corrected chi connectivity index (χ4v) is 4.13. The van der Waals surface area contributed by atoms with Gasteiger partial charge in [0, 0.05) is 40.2 Å². The Morgan fingerprint density at radius 1 is 1.35 bits per heavy atom. The van der Waals surface area contributed by atoms with Crippen molar-refractivity contribution in [1.82, 2.24) is 30.6 Å². The van der Waals surface area contributed by atoms with Gasteiger partial charge in [0.25, 0.3) is 0 Å². The molecule has 1 saturated heterocycles. The van der Waals surface area contributed by atoms with Crippen LogP contribution >= 0.6 is 11.6 Å². The van der Waals surface area contributed by atoms with Crippen LogP contribution in [0.25, 0.3) is 22.4 Å². The van der Waals surface area contributed by atoms with Crippen molar-refractivity contribution in [1.29, 1.82) is 0 Å². The van der Waals surface area contributed by atoms with Crippen molar-refractivity contribution in [3.8, 4) is 11.4 Å². The minimum Gasteiger partial charge on any atom is -0.345 e. The highest BCUT2D eigenvalue weighted by molar-refractivity contribution is 6.31. The first-order valence-corrected chi connectivity index (χ1v) is 11.0. The van der Waals surface area contributed by atoms with Crippen molar-refractivity contribution in [3.05, 3.63) is 35.5 Å². The Morgan fingerprint density at radius 3 is 2.88 bits per heavy atom. The van der Waals surface area contributed by atoms with Crippen molar-refractivity contribution < 1.29 is 26.6 Å². The van der Waals surface area contributed by atoms with Crippen molar-refractivity contribution in [2.75, 3.05) is 24.5 Å². The van der Waals surface area contributed by atoms with Crippen molar-refractivity contribution >= 4 is 34.4 Å². The van der Waals surface area contributed by atoms with Gasteiger partial charge in [-0.15, -0.1) is 0 Å². The molecule has 0 radical (unpaired) electrons. The van der Waals surface area contributed by atoms with Crippen LogP contribution in [-0.2, 0) is 4.79 Å². The minimum atomic E-state index is -4.56. The molecule has 8 nitrogen and oxygen atoms in total. The Bertz CT molecular complexity index is 1200. The molecule has 0 aromatic carbocycles. The van der Waals surface area contributed by atoms with Crippen molar-refractivity contribution in [2.24, 2.45) is 0 Å². The van der Waals surface area contributed by atoms with Crippen LogP contribution < -0.4 is 15.5 Å². The first kappa shape index (κ1) is 24.1. The summed E-state index contributed by atoms with van der Waals surface area (Å²) in [6.45, 7) is 1.34. The molecule has 13 heteroatoms. The predicted molar refractivity (Wildman–Crippen MR) is 125 cm³/mol. The highest BCUT2D eigenvalue weighted by Crippen LogP contribution is 2.31. The quantitative estimate of drug-likeness (QED) is 0.417. The summed E-state index contributed by atoms with van der Waals surface area (Å²) in [5.41, 5.74) is 1.05. The van der Waals surface area contributed by atoms with E-state index in [1.165, 1.54) is 11.1 Å². The number of pyridine rings is 1. The van der Waals surface area contributed by atoms with Crippen LogP contribution in [0.1, 0.15) is 24.0 Å². The fraction of sp³-hybridized carbons (Fsp3) is 0.429. The summed E-state index contributed by atoms with van der Waals surface area (Å²) in [5.74, 6) is -1.64. The number of aromatic amines is 1. The number of hydrogen-bond donors (Lipinski definition) is 3. The molecular formula is C21H28ClF4N7O.